The number of furan rings is 1. The smallest absolute Gasteiger partial charge is 0.154 e. The monoisotopic (exact) mass is 357 g/mol. The minimum Gasteiger partial charge on any atom is -0.489 e. The molecule has 27 heavy (non-hydrogen) atoms. The second-order valence-corrected chi connectivity index (χ2v) is 6.51. The summed E-state index contributed by atoms with van der Waals surface area (Å²) < 4.78 is 13.4. The van der Waals surface area contributed by atoms with Crippen molar-refractivity contribution in [2.45, 2.75) is 13.0 Å². The first-order valence-electron chi connectivity index (χ1n) is 9.05. The van der Waals surface area contributed by atoms with Crippen LogP contribution in [0.2, 0.25) is 0 Å². The van der Waals surface area contributed by atoms with Crippen molar-refractivity contribution in [2.24, 2.45) is 0 Å². The molecule has 0 unspecified atom stereocenters. The van der Waals surface area contributed by atoms with Crippen LogP contribution in [0.25, 0.3) is 17.1 Å². The molecule has 5 rings (SSSR count). The number of fused-ring (bicyclic) bond motifs is 1. The zero-order valence-electron chi connectivity index (χ0n) is 14.8. The summed E-state index contributed by atoms with van der Waals surface area (Å²) in [6.07, 6.45) is 2.63. The predicted molar refractivity (Wildman–Crippen MR) is 104 cm³/mol. The van der Waals surface area contributed by atoms with Gasteiger partial charge in [-0.3, -0.25) is 0 Å². The van der Waals surface area contributed by atoms with Crippen LogP contribution in [0.3, 0.4) is 0 Å². The highest BCUT2D eigenvalue weighted by atomic mass is 16.5. The molecule has 5 nitrogen and oxygen atoms in total. The van der Waals surface area contributed by atoms with Crippen LogP contribution in [0.15, 0.2) is 77.4 Å². The van der Waals surface area contributed by atoms with Crippen molar-refractivity contribution < 1.29 is 9.15 Å². The molecule has 2 aromatic heterocycles. The summed E-state index contributed by atoms with van der Waals surface area (Å²) in [5.74, 6) is 2.68. The summed E-state index contributed by atoms with van der Waals surface area (Å²) in [6.45, 7) is 1.47. The van der Waals surface area contributed by atoms with Crippen LogP contribution < -0.4 is 10.1 Å². The predicted octanol–water partition coefficient (Wildman–Crippen LogP) is 4.68. The highest BCUT2D eigenvalue weighted by Gasteiger charge is 2.25. The number of ether oxygens (including phenoxy) is 1. The largest absolute Gasteiger partial charge is 0.489 e. The lowest BCUT2D eigenvalue weighted by atomic mass is 10.2. The number of hydrogen-bond donors (Lipinski definition) is 1. The molecule has 5 heteroatoms. The van der Waals surface area contributed by atoms with Gasteiger partial charge in [0.2, 0.25) is 0 Å². The third-order valence-corrected chi connectivity index (χ3v) is 4.74. The summed E-state index contributed by atoms with van der Waals surface area (Å²) in [5.41, 5.74) is 4.25. The summed E-state index contributed by atoms with van der Waals surface area (Å²) in [4.78, 5) is 0. The van der Waals surface area contributed by atoms with Crippen LogP contribution in [-0.2, 0) is 13.0 Å². The molecule has 0 fully saturated rings. The molecule has 0 atom stereocenters. The van der Waals surface area contributed by atoms with Crippen LogP contribution in [0.4, 0.5) is 5.82 Å². The second kappa shape index (κ2) is 6.68. The first-order valence-corrected chi connectivity index (χ1v) is 9.05. The van der Waals surface area contributed by atoms with Gasteiger partial charge in [-0.1, -0.05) is 30.3 Å². The van der Waals surface area contributed by atoms with Crippen LogP contribution in [0.1, 0.15) is 11.1 Å². The van der Waals surface area contributed by atoms with E-state index in [2.05, 4.69) is 17.4 Å². The van der Waals surface area contributed by atoms with E-state index in [1.807, 2.05) is 59.3 Å². The average molecular weight is 357 g/mol. The Morgan fingerprint density at radius 3 is 2.63 bits per heavy atom. The molecule has 1 aliphatic heterocycles. The van der Waals surface area contributed by atoms with E-state index in [0.717, 1.165) is 47.2 Å². The van der Waals surface area contributed by atoms with Crippen molar-refractivity contribution in [2.75, 3.05) is 11.9 Å². The SMILES string of the molecule is c1ccc(COc2ccc(-n3nc(-c4ccco4)c4c3NCC4)cc2)cc1. The Hall–Kier alpha value is -3.47. The third-order valence-electron chi connectivity index (χ3n) is 4.74. The normalized spacial score (nSPS) is 12.6. The molecule has 0 saturated heterocycles. The van der Waals surface area contributed by atoms with Crippen molar-refractivity contribution in [3.63, 3.8) is 0 Å². The summed E-state index contributed by atoms with van der Waals surface area (Å²) in [6, 6.07) is 22.0. The molecular weight excluding hydrogens is 338 g/mol. The molecule has 0 amide bonds. The van der Waals surface area contributed by atoms with Crippen LogP contribution >= 0.6 is 0 Å². The number of anilines is 1. The van der Waals surface area contributed by atoms with E-state index in [1.54, 1.807) is 6.26 Å². The molecule has 0 saturated carbocycles. The van der Waals surface area contributed by atoms with E-state index in [9.17, 15) is 0 Å². The molecule has 4 aromatic rings. The first kappa shape index (κ1) is 15.8. The van der Waals surface area contributed by atoms with Crippen molar-refractivity contribution in [3.05, 3.63) is 84.1 Å². The van der Waals surface area contributed by atoms with Crippen LogP contribution in [-0.4, -0.2) is 16.3 Å². The van der Waals surface area contributed by atoms with Gasteiger partial charge in [0.15, 0.2) is 5.76 Å². The van der Waals surface area contributed by atoms with Crippen LogP contribution in [0, 0.1) is 0 Å². The summed E-state index contributed by atoms with van der Waals surface area (Å²) in [7, 11) is 0. The zero-order valence-corrected chi connectivity index (χ0v) is 14.8. The van der Waals surface area contributed by atoms with Gasteiger partial charge >= 0.3 is 0 Å². The molecule has 0 radical (unpaired) electrons. The lowest BCUT2D eigenvalue weighted by Crippen LogP contribution is -2.04. The van der Waals surface area contributed by atoms with Gasteiger partial charge < -0.3 is 14.5 Å². The molecule has 0 spiro atoms. The van der Waals surface area contributed by atoms with E-state index in [4.69, 9.17) is 14.3 Å². The minimum atomic E-state index is 0.557. The van der Waals surface area contributed by atoms with Gasteiger partial charge in [-0.05, 0) is 48.4 Å². The number of rotatable bonds is 5. The Balaban J connectivity index is 1.40. The standard InChI is InChI=1S/C22H19N3O2/c1-2-5-16(6-3-1)15-27-18-10-8-17(9-11-18)25-22-19(12-13-23-22)21(24-25)20-7-4-14-26-20/h1-11,14,23H,12-13,15H2. The Bertz CT molecular complexity index is 1040. The second-order valence-electron chi connectivity index (χ2n) is 6.51. The number of benzene rings is 2. The first-order chi connectivity index (χ1) is 13.4. The summed E-state index contributed by atoms with van der Waals surface area (Å²) >= 11 is 0. The maximum absolute atomic E-state index is 5.88. The van der Waals surface area contributed by atoms with Crippen molar-refractivity contribution in [1.29, 1.82) is 0 Å². The van der Waals surface area contributed by atoms with E-state index in [0.29, 0.717) is 6.61 Å². The fraction of sp³-hybridized carbons (Fsp3) is 0.136. The molecule has 1 aliphatic rings. The van der Waals surface area contributed by atoms with Crippen molar-refractivity contribution in [3.8, 4) is 22.9 Å². The lowest BCUT2D eigenvalue weighted by molar-refractivity contribution is 0.306. The van der Waals surface area contributed by atoms with E-state index in [-0.39, 0.29) is 0 Å². The van der Waals surface area contributed by atoms with Gasteiger partial charge in [-0.15, -0.1) is 0 Å². The molecule has 2 aromatic carbocycles. The Kier molecular flexibility index (Phi) is 3.90. The van der Waals surface area contributed by atoms with Gasteiger partial charge in [0.25, 0.3) is 0 Å². The molecular formula is C22H19N3O2. The maximum atomic E-state index is 5.88. The van der Waals surface area contributed by atoms with Crippen LogP contribution in [0.5, 0.6) is 5.75 Å². The average Bonchev–Trinajstić information content (AvgIpc) is 3.45. The van der Waals surface area contributed by atoms with Crippen molar-refractivity contribution in [1.82, 2.24) is 9.78 Å². The molecule has 1 N–H and O–H groups in total. The number of aromatic nitrogens is 2. The van der Waals surface area contributed by atoms with E-state index < -0.39 is 0 Å². The lowest BCUT2D eigenvalue weighted by Gasteiger charge is -2.09. The Labute approximate surface area is 157 Å². The molecule has 0 bridgehead atoms. The number of nitrogens with zero attached hydrogens (tertiary/aromatic N) is 2. The quantitative estimate of drug-likeness (QED) is 0.563. The van der Waals surface area contributed by atoms with Gasteiger partial charge in [-0.25, -0.2) is 4.68 Å². The van der Waals surface area contributed by atoms with Gasteiger partial charge in [0.1, 0.15) is 23.9 Å². The summed E-state index contributed by atoms with van der Waals surface area (Å²) in [5, 5.41) is 8.23. The van der Waals surface area contributed by atoms with Crippen molar-refractivity contribution >= 4 is 5.82 Å². The van der Waals surface area contributed by atoms with Gasteiger partial charge in [0.05, 0.1) is 12.0 Å². The zero-order chi connectivity index (χ0) is 18.1. The van der Waals surface area contributed by atoms with E-state index >= 15 is 0 Å². The third kappa shape index (κ3) is 2.97. The maximum Gasteiger partial charge on any atom is 0.154 e. The Morgan fingerprint density at radius 1 is 1.00 bits per heavy atom. The topological polar surface area (TPSA) is 52.2 Å². The van der Waals surface area contributed by atoms with Gasteiger partial charge in [-0.2, -0.15) is 5.10 Å². The highest BCUT2D eigenvalue weighted by Crippen LogP contribution is 2.34. The number of hydrogen-bond acceptors (Lipinski definition) is 4. The van der Waals surface area contributed by atoms with Gasteiger partial charge in [0, 0.05) is 12.1 Å². The molecule has 3 heterocycles. The van der Waals surface area contributed by atoms with E-state index in [1.165, 1.54) is 5.56 Å². The fourth-order valence-electron chi connectivity index (χ4n) is 3.40. The number of nitrogens with one attached hydrogen (secondary N) is 1. The fourth-order valence-corrected chi connectivity index (χ4v) is 3.40. The Morgan fingerprint density at radius 2 is 1.85 bits per heavy atom. The molecule has 0 aliphatic carbocycles. The highest BCUT2D eigenvalue weighted by molar-refractivity contribution is 5.69. The molecule has 134 valence electrons. The minimum absolute atomic E-state index is 0.557.